The van der Waals surface area contributed by atoms with E-state index >= 15 is 0 Å². The van der Waals surface area contributed by atoms with E-state index in [9.17, 15) is 0 Å². The number of nitrogens with two attached hydrogens (primary N) is 1. The first kappa shape index (κ1) is 12.7. The highest BCUT2D eigenvalue weighted by molar-refractivity contribution is 5.53. The Labute approximate surface area is 109 Å². The largest absolute Gasteiger partial charge is 0.377 e. The zero-order chi connectivity index (χ0) is 13.0. The highest BCUT2D eigenvalue weighted by atomic mass is 15.1. The second-order valence-electron chi connectivity index (χ2n) is 4.65. The number of rotatable bonds is 4. The fourth-order valence-corrected chi connectivity index (χ4v) is 2.03. The summed E-state index contributed by atoms with van der Waals surface area (Å²) < 4.78 is 0. The molecular formula is C16H19N2. The van der Waals surface area contributed by atoms with Crippen molar-refractivity contribution in [2.45, 2.75) is 13.0 Å². The molecule has 0 atom stereocenters. The zero-order valence-corrected chi connectivity index (χ0v) is 11.0. The van der Waals surface area contributed by atoms with Crippen molar-refractivity contribution in [2.75, 3.05) is 19.0 Å². The Bertz CT molecular complexity index is 501. The van der Waals surface area contributed by atoms with Crippen LogP contribution in [0.4, 0.5) is 5.69 Å². The van der Waals surface area contributed by atoms with Crippen LogP contribution in [0.15, 0.2) is 42.5 Å². The van der Waals surface area contributed by atoms with Crippen LogP contribution in [0.3, 0.4) is 0 Å². The highest BCUT2D eigenvalue weighted by Crippen LogP contribution is 2.21. The van der Waals surface area contributed by atoms with Gasteiger partial charge in [0.15, 0.2) is 0 Å². The molecule has 2 nitrogen and oxygen atoms in total. The van der Waals surface area contributed by atoms with Crippen LogP contribution < -0.4 is 10.6 Å². The number of hydrogen-bond acceptors (Lipinski definition) is 2. The van der Waals surface area contributed by atoms with E-state index in [1.165, 1.54) is 22.4 Å². The van der Waals surface area contributed by atoms with Crippen LogP contribution in [0, 0.1) is 6.07 Å². The minimum atomic E-state index is 0.601. The molecule has 0 aromatic heterocycles. The van der Waals surface area contributed by atoms with Gasteiger partial charge in [-0.3, -0.25) is 0 Å². The van der Waals surface area contributed by atoms with Gasteiger partial charge in [-0.1, -0.05) is 36.4 Å². The van der Waals surface area contributed by atoms with Gasteiger partial charge in [0, 0.05) is 26.3 Å². The topological polar surface area (TPSA) is 29.3 Å². The molecule has 0 aliphatic rings. The van der Waals surface area contributed by atoms with E-state index < -0.39 is 0 Å². The fraction of sp³-hybridized carbons (Fsp3) is 0.250. The summed E-state index contributed by atoms with van der Waals surface area (Å²) in [5, 5.41) is 0. The van der Waals surface area contributed by atoms with E-state index in [1.54, 1.807) is 0 Å². The molecule has 2 rings (SSSR count). The molecule has 18 heavy (non-hydrogen) atoms. The van der Waals surface area contributed by atoms with Gasteiger partial charge in [0.2, 0.25) is 0 Å². The molecule has 0 bridgehead atoms. The van der Waals surface area contributed by atoms with Gasteiger partial charge in [-0.05, 0) is 35.2 Å². The number of hydrogen-bond donors (Lipinski definition) is 1. The first-order valence-corrected chi connectivity index (χ1v) is 6.15. The van der Waals surface area contributed by atoms with Gasteiger partial charge >= 0.3 is 0 Å². The predicted octanol–water partition coefficient (Wildman–Crippen LogP) is 2.60. The van der Waals surface area contributed by atoms with E-state index in [0.717, 1.165) is 6.42 Å². The Balaban J connectivity index is 2.22. The molecule has 0 amide bonds. The van der Waals surface area contributed by atoms with Crippen molar-refractivity contribution in [3.63, 3.8) is 0 Å². The molecule has 0 fully saturated rings. The molecule has 0 saturated heterocycles. The van der Waals surface area contributed by atoms with Crippen LogP contribution in [0.25, 0.3) is 0 Å². The lowest BCUT2D eigenvalue weighted by molar-refractivity contribution is 1.05. The van der Waals surface area contributed by atoms with Crippen LogP contribution in [0.1, 0.15) is 16.7 Å². The van der Waals surface area contributed by atoms with E-state index in [4.69, 9.17) is 5.73 Å². The molecule has 0 heterocycles. The number of nitrogens with zero attached hydrogens (tertiary/aromatic N) is 1. The van der Waals surface area contributed by atoms with E-state index in [1.807, 2.05) is 12.1 Å². The first-order valence-electron chi connectivity index (χ1n) is 6.15. The second kappa shape index (κ2) is 5.69. The van der Waals surface area contributed by atoms with Crippen LogP contribution >= 0.6 is 0 Å². The summed E-state index contributed by atoms with van der Waals surface area (Å²) in [6.07, 6.45) is 0.938. The predicted molar refractivity (Wildman–Crippen MR) is 76.7 cm³/mol. The van der Waals surface area contributed by atoms with Crippen molar-refractivity contribution in [3.8, 4) is 0 Å². The van der Waals surface area contributed by atoms with Crippen molar-refractivity contribution in [2.24, 2.45) is 5.73 Å². The lowest BCUT2D eigenvalue weighted by atomic mass is 10.0. The Morgan fingerprint density at radius 3 is 2.33 bits per heavy atom. The molecule has 0 spiro atoms. The van der Waals surface area contributed by atoms with Gasteiger partial charge in [0.05, 0.1) is 0 Å². The van der Waals surface area contributed by atoms with Crippen LogP contribution in [-0.4, -0.2) is 14.1 Å². The van der Waals surface area contributed by atoms with Gasteiger partial charge in [-0.25, -0.2) is 0 Å². The third kappa shape index (κ3) is 2.90. The maximum absolute atomic E-state index is 5.61. The van der Waals surface area contributed by atoms with E-state index in [0.29, 0.717) is 6.54 Å². The van der Waals surface area contributed by atoms with Gasteiger partial charge in [-0.15, -0.1) is 0 Å². The van der Waals surface area contributed by atoms with Gasteiger partial charge in [-0.2, -0.15) is 0 Å². The second-order valence-corrected chi connectivity index (χ2v) is 4.65. The molecule has 0 saturated carbocycles. The number of anilines is 1. The molecule has 0 aliphatic heterocycles. The minimum Gasteiger partial charge on any atom is -0.377 e. The molecule has 2 heteroatoms. The molecular weight excluding hydrogens is 220 g/mol. The van der Waals surface area contributed by atoms with Crippen LogP contribution in [-0.2, 0) is 13.0 Å². The molecule has 2 aromatic rings. The quantitative estimate of drug-likeness (QED) is 0.888. The first-order chi connectivity index (χ1) is 8.70. The lowest BCUT2D eigenvalue weighted by Gasteiger charge is -2.17. The molecule has 0 unspecified atom stereocenters. The summed E-state index contributed by atoms with van der Waals surface area (Å²) in [5.41, 5.74) is 10.6. The molecule has 2 N–H and O–H groups in total. The normalized spacial score (nSPS) is 10.4. The van der Waals surface area contributed by atoms with Crippen molar-refractivity contribution >= 4 is 5.69 Å². The van der Waals surface area contributed by atoms with Gasteiger partial charge in [0.25, 0.3) is 0 Å². The standard InChI is InChI=1S/C16H19N2/c1-18(2)16-6-4-3-5-15(16)11-13-7-9-14(12-17)10-8-13/h3,5-10H,11-12,17H2,1-2H3. The lowest BCUT2D eigenvalue weighted by Crippen LogP contribution is -2.11. The Kier molecular flexibility index (Phi) is 4.00. The average Bonchev–Trinajstić information content (AvgIpc) is 2.40. The summed E-state index contributed by atoms with van der Waals surface area (Å²) in [6, 6.07) is 17.8. The third-order valence-corrected chi connectivity index (χ3v) is 3.06. The number of benzene rings is 2. The van der Waals surface area contributed by atoms with Crippen molar-refractivity contribution in [1.29, 1.82) is 0 Å². The molecule has 1 radical (unpaired) electrons. The fourth-order valence-electron chi connectivity index (χ4n) is 2.03. The van der Waals surface area contributed by atoms with Gasteiger partial charge in [0.1, 0.15) is 0 Å². The van der Waals surface area contributed by atoms with Crippen molar-refractivity contribution in [3.05, 3.63) is 65.2 Å². The minimum absolute atomic E-state index is 0.601. The zero-order valence-electron chi connectivity index (χ0n) is 11.0. The van der Waals surface area contributed by atoms with E-state index in [-0.39, 0.29) is 0 Å². The van der Waals surface area contributed by atoms with Gasteiger partial charge < -0.3 is 10.6 Å². The monoisotopic (exact) mass is 239 g/mol. The SMILES string of the molecule is CN(C)c1c[c]ccc1Cc1ccc(CN)cc1. The molecule has 0 aliphatic carbocycles. The summed E-state index contributed by atoms with van der Waals surface area (Å²) in [6.45, 7) is 0.601. The summed E-state index contributed by atoms with van der Waals surface area (Å²) in [5.74, 6) is 0. The average molecular weight is 239 g/mol. The van der Waals surface area contributed by atoms with Crippen molar-refractivity contribution < 1.29 is 0 Å². The van der Waals surface area contributed by atoms with Crippen molar-refractivity contribution in [1.82, 2.24) is 0 Å². The summed E-state index contributed by atoms with van der Waals surface area (Å²) in [7, 11) is 4.12. The summed E-state index contributed by atoms with van der Waals surface area (Å²) >= 11 is 0. The smallest absolute Gasteiger partial charge is 0.0403 e. The Hall–Kier alpha value is -1.80. The Morgan fingerprint density at radius 1 is 1.06 bits per heavy atom. The van der Waals surface area contributed by atoms with Crippen LogP contribution in [0.2, 0.25) is 0 Å². The Morgan fingerprint density at radius 2 is 1.72 bits per heavy atom. The molecule has 2 aromatic carbocycles. The van der Waals surface area contributed by atoms with E-state index in [2.05, 4.69) is 55.4 Å². The third-order valence-electron chi connectivity index (χ3n) is 3.06. The summed E-state index contributed by atoms with van der Waals surface area (Å²) in [4.78, 5) is 2.13. The maximum atomic E-state index is 5.61. The maximum Gasteiger partial charge on any atom is 0.0403 e. The molecule has 93 valence electrons. The highest BCUT2D eigenvalue weighted by Gasteiger charge is 2.04. The van der Waals surface area contributed by atoms with Crippen LogP contribution in [0.5, 0.6) is 0 Å².